The first-order valence-electron chi connectivity index (χ1n) is 5.60. The van der Waals surface area contributed by atoms with Gasteiger partial charge in [-0.3, -0.25) is 0 Å². The Hall–Kier alpha value is -1.59. The topological polar surface area (TPSA) is 74.2 Å². The Bertz CT molecular complexity index is 528. The van der Waals surface area contributed by atoms with E-state index < -0.39 is 0 Å². The number of rotatable bonds is 5. The second-order valence-corrected chi connectivity index (χ2v) is 4.19. The summed E-state index contributed by atoms with van der Waals surface area (Å²) in [7, 11) is 0. The van der Waals surface area contributed by atoms with Crippen LogP contribution in [0.3, 0.4) is 0 Å². The summed E-state index contributed by atoms with van der Waals surface area (Å²) in [6.07, 6.45) is 0.665. The molecule has 0 bridgehead atoms. The highest BCUT2D eigenvalue weighted by Crippen LogP contribution is 2.27. The van der Waals surface area contributed by atoms with Crippen molar-refractivity contribution in [3.05, 3.63) is 40.5 Å². The summed E-state index contributed by atoms with van der Waals surface area (Å²) >= 11 is 6.11. The molecule has 0 saturated heterocycles. The Morgan fingerprint density at radius 1 is 1.44 bits per heavy atom. The molecule has 0 saturated carbocycles. The van der Waals surface area contributed by atoms with E-state index in [2.05, 4.69) is 10.1 Å². The minimum Gasteiger partial charge on any atom is -0.483 e. The van der Waals surface area contributed by atoms with Crippen LogP contribution < -0.4 is 10.5 Å². The van der Waals surface area contributed by atoms with Crippen LogP contribution >= 0.6 is 11.6 Å². The Labute approximate surface area is 110 Å². The Morgan fingerprint density at radius 3 is 2.94 bits per heavy atom. The summed E-state index contributed by atoms with van der Waals surface area (Å²) in [5, 5.41) is 4.35. The van der Waals surface area contributed by atoms with E-state index in [1.807, 2.05) is 18.2 Å². The third-order valence-corrected chi connectivity index (χ3v) is 2.75. The first kappa shape index (κ1) is 12.9. The normalized spacial score (nSPS) is 10.6. The Kier molecular flexibility index (Phi) is 4.17. The zero-order chi connectivity index (χ0) is 13.0. The van der Waals surface area contributed by atoms with Gasteiger partial charge in [0, 0.05) is 10.6 Å². The molecule has 0 spiro atoms. The van der Waals surface area contributed by atoms with Gasteiger partial charge < -0.3 is 15.0 Å². The molecule has 0 aliphatic carbocycles. The van der Waals surface area contributed by atoms with Gasteiger partial charge in [-0.1, -0.05) is 22.8 Å². The highest BCUT2D eigenvalue weighted by molar-refractivity contribution is 6.31. The van der Waals surface area contributed by atoms with Gasteiger partial charge in [-0.05, 0) is 32.0 Å². The van der Waals surface area contributed by atoms with Crippen LogP contribution in [0.1, 0.15) is 17.3 Å². The molecule has 18 heavy (non-hydrogen) atoms. The highest BCUT2D eigenvalue weighted by atomic mass is 35.5. The summed E-state index contributed by atoms with van der Waals surface area (Å²) in [6, 6.07) is 5.49. The molecular weight excluding hydrogens is 254 g/mol. The number of aromatic nitrogens is 2. The molecule has 0 atom stereocenters. The van der Waals surface area contributed by atoms with Gasteiger partial charge in [0.1, 0.15) is 5.75 Å². The van der Waals surface area contributed by atoms with Gasteiger partial charge in [0.05, 0.1) is 0 Å². The number of nitrogens with two attached hydrogens (primary N) is 1. The second-order valence-electron chi connectivity index (χ2n) is 3.78. The largest absolute Gasteiger partial charge is 0.483 e. The molecule has 2 rings (SSSR count). The number of hydrogen-bond donors (Lipinski definition) is 1. The average Bonchev–Trinajstić information content (AvgIpc) is 2.76. The summed E-state index contributed by atoms with van der Waals surface area (Å²) in [6.45, 7) is 2.49. The van der Waals surface area contributed by atoms with Crippen molar-refractivity contribution in [3.8, 4) is 5.75 Å². The molecule has 5 nitrogen and oxygen atoms in total. The summed E-state index contributed by atoms with van der Waals surface area (Å²) < 4.78 is 10.6. The molecule has 2 aromatic rings. The smallest absolute Gasteiger partial charge is 0.264 e. The second kappa shape index (κ2) is 5.84. The van der Waals surface area contributed by atoms with Crippen LogP contribution in [-0.2, 0) is 13.0 Å². The first-order chi connectivity index (χ1) is 8.70. The molecule has 0 aliphatic rings. The van der Waals surface area contributed by atoms with E-state index in [1.165, 1.54) is 0 Å². The van der Waals surface area contributed by atoms with Crippen LogP contribution in [0.5, 0.6) is 5.75 Å². The van der Waals surface area contributed by atoms with E-state index in [0.29, 0.717) is 35.5 Å². The fraction of sp³-hybridized carbons (Fsp3) is 0.333. The van der Waals surface area contributed by atoms with Crippen molar-refractivity contribution >= 4 is 11.6 Å². The molecule has 2 N–H and O–H groups in total. The number of aryl methyl sites for hydroxylation is 1. The van der Waals surface area contributed by atoms with Crippen LogP contribution in [0.2, 0.25) is 5.02 Å². The van der Waals surface area contributed by atoms with Crippen molar-refractivity contribution in [2.24, 2.45) is 5.73 Å². The molecule has 0 amide bonds. The quantitative estimate of drug-likeness (QED) is 0.898. The summed E-state index contributed by atoms with van der Waals surface area (Å²) in [5.41, 5.74) is 6.45. The number of hydrogen-bond acceptors (Lipinski definition) is 5. The lowest BCUT2D eigenvalue weighted by atomic mass is 10.1. The fourth-order valence-corrected chi connectivity index (χ4v) is 1.86. The number of halogens is 1. The van der Waals surface area contributed by atoms with Gasteiger partial charge in [-0.2, -0.15) is 4.98 Å². The molecule has 1 aromatic carbocycles. The Balaban J connectivity index is 2.11. The van der Waals surface area contributed by atoms with Gasteiger partial charge in [0.25, 0.3) is 5.89 Å². The monoisotopic (exact) mass is 267 g/mol. The van der Waals surface area contributed by atoms with Crippen molar-refractivity contribution in [2.45, 2.75) is 20.0 Å². The fourth-order valence-electron chi connectivity index (χ4n) is 1.60. The number of nitrogens with zero attached hydrogens (tertiary/aromatic N) is 2. The molecule has 1 heterocycles. The molecule has 0 unspecified atom stereocenters. The van der Waals surface area contributed by atoms with Gasteiger partial charge in [0.2, 0.25) is 0 Å². The lowest BCUT2D eigenvalue weighted by molar-refractivity contribution is 0.241. The zero-order valence-corrected chi connectivity index (χ0v) is 10.8. The molecule has 0 fully saturated rings. The predicted octanol–water partition coefficient (Wildman–Crippen LogP) is 2.11. The standard InChI is InChI=1S/C12H14ClN3O2/c1-8-15-12(18-16-8)7-17-11-4-2-3-10(13)9(11)5-6-14/h2-4H,5-7,14H2,1H3. The van der Waals surface area contributed by atoms with Gasteiger partial charge in [-0.25, -0.2) is 0 Å². The van der Waals surface area contributed by atoms with Crippen LogP contribution in [0, 0.1) is 6.92 Å². The van der Waals surface area contributed by atoms with E-state index in [9.17, 15) is 0 Å². The van der Waals surface area contributed by atoms with Crippen molar-refractivity contribution in [3.63, 3.8) is 0 Å². The van der Waals surface area contributed by atoms with Crippen molar-refractivity contribution in [2.75, 3.05) is 6.54 Å². The molecule has 0 aliphatic heterocycles. The van der Waals surface area contributed by atoms with E-state index in [4.69, 9.17) is 26.6 Å². The minimum absolute atomic E-state index is 0.221. The molecule has 1 aromatic heterocycles. The van der Waals surface area contributed by atoms with Gasteiger partial charge in [-0.15, -0.1) is 0 Å². The lowest BCUT2D eigenvalue weighted by Gasteiger charge is -2.10. The summed E-state index contributed by atoms with van der Waals surface area (Å²) in [4.78, 5) is 4.06. The van der Waals surface area contributed by atoms with E-state index >= 15 is 0 Å². The number of benzene rings is 1. The van der Waals surface area contributed by atoms with E-state index in [0.717, 1.165) is 5.56 Å². The number of ether oxygens (including phenoxy) is 1. The van der Waals surface area contributed by atoms with Gasteiger partial charge in [0.15, 0.2) is 12.4 Å². The minimum atomic E-state index is 0.221. The third-order valence-electron chi connectivity index (χ3n) is 2.39. The van der Waals surface area contributed by atoms with Gasteiger partial charge >= 0.3 is 0 Å². The van der Waals surface area contributed by atoms with E-state index in [-0.39, 0.29) is 6.61 Å². The Morgan fingerprint density at radius 2 is 2.28 bits per heavy atom. The first-order valence-corrected chi connectivity index (χ1v) is 5.98. The van der Waals surface area contributed by atoms with Crippen molar-refractivity contribution in [1.82, 2.24) is 10.1 Å². The van der Waals surface area contributed by atoms with Crippen LogP contribution in [0.4, 0.5) is 0 Å². The van der Waals surface area contributed by atoms with E-state index in [1.54, 1.807) is 6.92 Å². The van der Waals surface area contributed by atoms with Crippen LogP contribution in [0.15, 0.2) is 22.7 Å². The molecule has 0 radical (unpaired) electrons. The predicted molar refractivity (Wildman–Crippen MR) is 67.6 cm³/mol. The molecular formula is C12H14ClN3O2. The third kappa shape index (κ3) is 3.00. The highest BCUT2D eigenvalue weighted by Gasteiger charge is 2.09. The maximum Gasteiger partial charge on any atom is 0.264 e. The molecule has 6 heteroatoms. The molecule has 96 valence electrons. The SMILES string of the molecule is Cc1noc(COc2cccc(Cl)c2CCN)n1. The van der Waals surface area contributed by atoms with Crippen molar-refractivity contribution < 1.29 is 9.26 Å². The summed E-state index contributed by atoms with van der Waals surface area (Å²) in [5.74, 6) is 1.72. The maximum absolute atomic E-state index is 6.11. The van der Waals surface area contributed by atoms with Crippen molar-refractivity contribution in [1.29, 1.82) is 0 Å². The average molecular weight is 268 g/mol. The van der Waals surface area contributed by atoms with Crippen LogP contribution in [0.25, 0.3) is 0 Å². The lowest BCUT2D eigenvalue weighted by Crippen LogP contribution is -2.06. The zero-order valence-electron chi connectivity index (χ0n) is 10.0. The maximum atomic E-state index is 6.11. The van der Waals surface area contributed by atoms with Crippen LogP contribution in [-0.4, -0.2) is 16.7 Å².